The highest BCUT2D eigenvalue weighted by Crippen LogP contribution is 2.23. The minimum absolute atomic E-state index is 0.0785. The van der Waals surface area contributed by atoms with Gasteiger partial charge in [0, 0.05) is 12.7 Å². The van der Waals surface area contributed by atoms with Crippen molar-refractivity contribution in [2.75, 3.05) is 6.54 Å². The van der Waals surface area contributed by atoms with Crippen molar-refractivity contribution in [3.05, 3.63) is 59.5 Å². The Balaban J connectivity index is 2.09. The Morgan fingerprint density at radius 3 is 2.68 bits per heavy atom. The van der Waals surface area contributed by atoms with Gasteiger partial charge in [0.1, 0.15) is 5.82 Å². The van der Waals surface area contributed by atoms with Crippen LogP contribution in [-0.4, -0.2) is 21.5 Å². The van der Waals surface area contributed by atoms with Crippen molar-refractivity contribution in [2.24, 2.45) is 5.73 Å². The van der Waals surface area contributed by atoms with E-state index in [-0.39, 0.29) is 5.92 Å². The van der Waals surface area contributed by atoms with Crippen LogP contribution in [0.3, 0.4) is 0 Å². The number of hydrogen-bond acceptors (Lipinski definition) is 3. The Kier molecular flexibility index (Phi) is 3.01. The number of benzene rings is 1. The van der Waals surface area contributed by atoms with Gasteiger partial charge < -0.3 is 10.7 Å². The van der Waals surface area contributed by atoms with Crippen LogP contribution in [0.2, 0.25) is 0 Å². The van der Waals surface area contributed by atoms with Crippen LogP contribution in [0, 0.1) is 6.92 Å². The smallest absolute Gasteiger partial charge is 0.177 e. The largest absolute Gasteiger partial charge is 0.340 e. The predicted molar refractivity (Wildman–Crippen MR) is 76.0 cm³/mol. The summed E-state index contributed by atoms with van der Waals surface area (Å²) >= 11 is 0. The minimum atomic E-state index is 0.0785. The first-order valence-electron chi connectivity index (χ1n) is 6.36. The number of fused-ring (bicyclic) bond motifs is 1. The summed E-state index contributed by atoms with van der Waals surface area (Å²) in [5, 5.41) is 0. The van der Waals surface area contributed by atoms with Crippen LogP contribution >= 0.6 is 0 Å². The summed E-state index contributed by atoms with van der Waals surface area (Å²) in [7, 11) is 0. The van der Waals surface area contributed by atoms with Crippen molar-refractivity contribution < 1.29 is 0 Å². The summed E-state index contributed by atoms with van der Waals surface area (Å²) < 4.78 is 0. The van der Waals surface area contributed by atoms with Gasteiger partial charge in [-0.3, -0.25) is 0 Å². The molecule has 4 heteroatoms. The number of imidazole rings is 1. The lowest BCUT2D eigenvalue weighted by atomic mass is 9.99. The summed E-state index contributed by atoms with van der Waals surface area (Å²) in [4.78, 5) is 12.2. The molecule has 96 valence electrons. The molecule has 3 N–H and O–H groups in total. The van der Waals surface area contributed by atoms with Gasteiger partial charge in [-0.05, 0) is 24.1 Å². The van der Waals surface area contributed by atoms with Gasteiger partial charge in [0.15, 0.2) is 5.65 Å². The number of rotatable bonds is 3. The molecule has 0 amide bonds. The number of aromatic amines is 1. The molecule has 0 aliphatic heterocycles. The Bertz CT molecular complexity index is 688. The SMILES string of the molecule is Cc1ccnc2nc(C(CN)c3ccccc3)[nH]c12. The molecule has 0 saturated carbocycles. The van der Waals surface area contributed by atoms with Gasteiger partial charge >= 0.3 is 0 Å². The van der Waals surface area contributed by atoms with E-state index in [2.05, 4.69) is 27.1 Å². The summed E-state index contributed by atoms with van der Waals surface area (Å²) in [6.07, 6.45) is 1.78. The van der Waals surface area contributed by atoms with E-state index in [1.54, 1.807) is 6.20 Å². The molecular weight excluding hydrogens is 236 g/mol. The van der Waals surface area contributed by atoms with Crippen LogP contribution in [0.5, 0.6) is 0 Å². The molecule has 0 radical (unpaired) electrons. The van der Waals surface area contributed by atoms with Crippen molar-refractivity contribution in [3.8, 4) is 0 Å². The third-order valence-electron chi connectivity index (χ3n) is 3.39. The first-order chi connectivity index (χ1) is 9.29. The molecule has 3 aromatic rings. The van der Waals surface area contributed by atoms with Crippen LogP contribution in [0.25, 0.3) is 11.2 Å². The van der Waals surface area contributed by atoms with Crippen molar-refractivity contribution in [2.45, 2.75) is 12.8 Å². The topological polar surface area (TPSA) is 67.6 Å². The van der Waals surface area contributed by atoms with Gasteiger partial charge in [-0.2, -0.15) is 0 Å². The van der Waals surface area contributed by atoms with E-state index in [4.69, 9.17) is 5.73 Å². The first kappa shape index (κ1) is 11.9. The molecule has 0 saturated heterocycles. The maximum absolute atomic E-state index is 5.92. The molecule has 0 bridgehead atoms. The van der Waals surface area contributed by atoms with E-state index < -0.39 is 0 Å². The highest BCUT2D eigenvalue weighted by Gasteiger charge is 2.17. The summed E-state index contributed by atoms with van der Waals surface area (Å²) in [6.45, 7) is 2.56. The lowest BCUT2D eigenvalue weighted by molar-refractivity contribution is 0.768. The summed E-state index contributed by atoms with van der Waals surface area (Å²) in [5.74, 6) is 0.959. The molecule has 19 heavy (non-hydrogen) atoms. The molecule has 3 rings (SSSR count). The molecule has 2 aromatic heterocycles. The van der Waals surface area contributed by atoms with Gasteiger partial charge in [-0.15, -0.1) is 0 Å². The normalized spacial score (nSPS) is 12.7. The first-order valence-corrected chi connectivity index (χ1v) is 6.36. The molecular formula is C15H16N4. The van der Waals surface area contributed by atoms with Crippen LogP contribution in [0.4, 0.5) is 0 Å². The fourth-order valence-electron chi connectivity index (χ4n) is 2.31. The van der Waals surface area contributed by atoms with Gasteiger partial charge in [0.25, 0.3) is 0 Å². The molecule has 0 aliphatic carbocycles. The monoisotopic (exact) mass is 252 g/mol. The highest BCUT2D eigenvalue weighted by atomic mass is 15.0. The molecule has 0 aliphatic rings. The zero-order valence-corrected chi connectivity index (χ0v) is 10.8. The molecule has 2 heterocycles. The maximum atomic E-state index is 5.92. The highest BCUT2D eigenvalue weighted by molar-refractivity contribution is 5.74. The summed E-state index contributed by atoms with van der Waals surface area (Å²) in [5.41, 5.74) is 9.98. The third-order valence-corrected chi connectivity index (χ3v) is 3.39. The molecule has 1 aromatic carbocycles. The van der Waals surface area contributed by atoms with Crippen LogP contribution in [0.1, 0.15) is 22.9 Å². The average Bonchev–Trinajstić information content (AvgIpc) is 2.86. The Morgan fingerprint density at radius 1 is 1.21 bits per heavy atom. The summed E-state index contributed by atoms with van der Waals surface area (Å²) in [6, 6.07) is 12.2. The fourth-order valence-corrected chi connectivity index (χ4v) is 2.31. The zero-order valence-electron chi connectivity index (χ0n) is 10.8. The molecule has 4 nitrogen and oxygen atoms in total. The van der Waals surface area contributed by atoms with E-state index in [0.717, 1.165) is 22.6 Å². The molecule has 1 unspecified atom stereocenters. The predicted octanol–water partition coefficient (Wildman–Crippen LogP) is 2.36. The lowest BCUT2D eigenvalue weighted by Crippen LogP contribution is -2.15. The molecule has 0 spiro atoms. The second kappa shape index (κ2) is 4.82. The van der Waals surface area contributed by atoms with Gasteiger partial charge in [-0.1, -0.05) is 30.3 Å². The number of aromatic nitrogens is 3. The van der Waals surface area contributed by atoms with E-state index in [1.165, 1.54) is 5.56 Å². The van der Waals surface area contributed by atoms with Crippen molar-refractivity contribution in [1.82, 2.24) is 15.0 Å². The average molecular weight is 252 g/mol. The Hall–Kier alpha value is -2.20. The van der Waals surface area contributed by atoms with Crippen LogP contribution in [-0.2, 0) is 0 Å². The number of hydrogen-bond donors (Lipinski definition) is 2. The van der Waals surface area contributed by atoms with Crippen molar-refractivity contribution >= 4 is 11.2 Å². The van der Waals surface area contributed by atoms with E-state index in [0.29, 0.717) is 6.54 Å². The van der Waals surface area contributed by atoms with Crippen molar-refractivity contribution in [3.63, 3.8) is 0 Å². The van der Waals surface area contributed by atoms with E-state index in [1.807, 2.05) is 31.2 Å². The standard InChI is InChI=1S/C15H16N4/c1-10-7-8-17-15-13(10)18-14(19-15)12(9-16)11-5-3-2-4-6-11/h2-8,12H,9,16H2,1H3,(H,17,18,19). The molecule has 1 atom stereocenters. The Morgan fingerprint density at radius 2 is 2.00 bits per heavy atom. The van der Waals surface area contributed by atoms with E-state index in [9.17, 15) is 0 Å². The zero-order chi connectivity index (χ0) is 13.2. The number of H-pyrrole nitrogens is 1. The third kappa shape index (κ3) is 2.11. The van der Waals surface area contributed by atoms with Gasteiger partial charge in [0.2, 0.25) is 0 Å². The Labute approximate surface area is 111 Å². The number of nitrogens with one attached hydrogen (secondary N) is 1. The van der Waals surface area contributed by atoms with Crippen LogP contribution in [0.15, 0.2) is 42.6 Å². The maximum Gasteiger partial charge on any atom is 0.177 e. The van der Waals surface area contributed by atoms with Crippen molar-refractivity contribution in [1.29, 1.82) is 0 Å². The van der Waals surface area contributed by atoms with E-state index >= 15 is 0 Å². The second-order valence-corrected chi connectivity index (χ2v) is 4.65. The molecule has 0 fully saturated rings. The van der Waals surface area contributed by atoms with Gasteiger partial charge in [0.05, 0.1) is 11.4 Å². The number of nitrogens with two attached hydrogens (primary N) is 1. The number of nitrogens with zero attached hydrogens (tertiary/aromatic N) is 2. The number of aryl methyl sites for hydroxylation is 1. The fraction of sp³-hybridized carbons (Fsp3) is 0.200. The lowest BCUT2D eigenvalue weighted by Gasteiger charge is -2.11. The second-order valence-electron chi connectivity index (χ2n) is 4.65. The van der Waals surface area contributed by atoms with Crippen LogP contribution < -0.4 is 5.73 Å². The minimum Gasteiger partial charge on any atom is -0.340 e. The number of pyridine rings is 1. The quantitative estimate of drug-likeness (QED) is 0.752. The van der Waals surface area contributed by atoms with Gasteiger partial charge in [-0.25, -0.2) is 9.97 Å².